The third-order valence-electron chi connectivity index (χ3n) is 6.43. The molecule has 9 nitrogen and oxygen atoms in total. The molecule has 4 rings (SSSR count). The van der Waals surface area contributed by atoms with Crippen LogP contribution in [0.4, 0.5) is 5.69 Å². The van der Waals surface area contributed by atoms with Crippen LogP contribution in [0.2, 0.25) is 0 Å². The van der Waals surface area contributed by atoms with Gasteiger partial charge in [0.05, 0.1) is 18.0 Å². The van der Waals surface area contributed by atoms with Gasteiger partial charge in [-0.2, -0.15) is 0 Å². The highest BCUT2D eigenvalue weighted by molar-refractivity contribution is 7.90. The minimum absolute atomic E-state index is 0.102. The minimum Gasteiger partial charge on any atom is -0.395 e. The molecule has 200 valence electrons. The Kier molecular flexibility index (Phi) is 8.13. The molecule has 0 bridgehead atoms. The van der Waals surface area contributed by atoms with Crippen molar-refractivity contribution < 1.29 is 18.3 Å². The maximum absolute atomic E-state index is 13.1. The highest BCUT2D eigenvalue weighted by Crippen LogP contribution is 2.33. The first-order valence-electron chi connectivity index (χ1n) is 12.5. The van der Waals surface area contributed by atoms with Crippen molar-refractivity contribution in [3.8, 4) is 11.1 Å². The zero-order valence-corrected chi connectivity index (χ0v) is 22.4. The molecule has 10 heteroatoms. The molecule has 3 N–H and O–H groups in total. The summed E-state index contributed by atoms with van der Waals surface area (Å²) < 4.78 is 24.4. The van der Waals surface area contributed by atoms with E-state index < -0.39 is 9.84 Å². The first kappa shape index (κ1) is 27.3. The molecule has 0 spiro atoms. The number of rotatable bonds is 9. The van der Waals surface area contributed by atoms with Gasteiger partial charge in [-0.25, -0.2) is 13.4 Å². The summed E-state index contributed by atoms with van der Waals surface area (Å²) >= 11 is 0. The van der Waals surface area contributed by atoms with E-state index in [0.717, 1.165) is 34.8 Å². The van der Waals surface area contributed by atoms with Crippen molar-refractivity contribution in [2.75, 3.05) is 31.7 Å². The van der Waals surface area contributed by atoms with E-state index in [9.17, 15) is 23.1 Å². The number of aliphatic hydroxyl groups is 1. The Labute approximate surface area is 221 Å². The molecule has 38 heavy (non-hydrogen) atoms. The summed E-state index contributed by atoms with van der Waals surface area (Å²) in [6.07, 6.45) is 5.57. The number of carbonyl (C=O) groups is 1. The largest absolute Gasteiger partial charge is 0.395 e. The average Bonchev–Trinajstić information content (AvgIpc) is 3.04. The number of aliphatic hydroxyl groups excluding tert-OH is 1. The van der Waals surface area contributed by atoms with Crippen molar-refractivity contribution in [1.82, 2.24) is 9.47 Å². The van der Waals surface area contributed by atoms with E-state index in [1.165, 1.54) is 4.57 Å². The average molecular weight is 537 g/mol. The van der Waals surface area contributed by atoms with Crippen LogP contribution < -0.4 is 11.3 Å². The lowest BCUT2D eigenvalue weighted by Crippen LogP contribution is -2.36. The molecule has 0 atom stereocenters. The lowest BCUT2D eigenvalue weighted by atomic mass is 9.99. The van der Waals surface area contributed by atoms with E-state index in [-0.39, 0.29) is 43.3 Å². The highest BCUT2D eigenvalue weighted by atomic mass is 32.2. The third kappa shape index (κ3) is 6.20. The fraction of sp³-hybridized carbons (Fsp3) is 0.321. The standard InChI is InChI=1S/C28H32N4O5S/c1-3-9-31(11-13-33)27(34)23-16-22-5-4-20(17-25(22)30-26(29)18-23)19-6-7-24-21(15-19)8-10-32(28(24)35)12-14-38(2,36)37/h4-8,10,15-17,33H,3,9,11-14,18H2,1-2H3,(H2,29,30). The smallest absolute Gasteiger partial charge is 0.258 e. The SMILES string of the molecule is CCCN(CCO)C(=O)C1=Cc2ccc(-c3ccc4c(=O)n(CCS(C)(=O)=O)ccc4c3)cc2N=C(N)C1. The van der Waals surface area contributed by atoms with Gasteiger partial charge in [0, 0.05) is 55.0 Å². The monoisotopic (exact) mass is 536 g/mol. The summed E-state index contributed by atoms with van der Waals surface area (Å²) in [6.45, 7) is 2.78. The number of fused-ring (bicyclic) bond motifs is 2. The van der Waals surface area contributed by atoms with Crippen molar-refractivity contribution in [1.29, 1.82) is 0 Å². The second kappa shape index (κ2) is 11.3. The number of hydrogen-bond acceptors (Lipinski definition) is 7. The Balaban J connectivity index is 1.66. The van der Waals surface area contributed by atoms with E-state index in [1.54, 1.807) is 23.2 Å². The first-order chi connectivity index (χ1) is 18.1. The number of nitrogens with zero attached hydrogens (tertiary/aromatic N) is 3. The molecule has 0 unspecified atom stereocenters. The lowest BCUT2D eigenvalue weighted by Gasteiger charge is -2.22. The Hall–Kier alpha value is -3.76. The van der Waals surface area contributed by atoms with Gasteiger partial charge in [-0.15, -0.1) is 0 Å². The number of carbonyl (C=O) groups excluding carboxylic acids is 1. The van der Waals surface area contributed by atoms with E-state index in [1.807, 2.05) is 43.3 Å². The quantitative estimate of drug-likeness (QED) is 0.432. The van der Waals surface area contributed by atoms with Crippen LogP contribution in [0.3, 0.4) is 0 Å². The predicted molar refractivity (Wildman–Crippen MR) is 151 cm³/mol. The summed E-state index contributed by atoms with van der Waals surface area (Å²) in [4.78, 5) is 32.2. The Bertz CT molecular complexity index is 1600. The van der Waals surface area contributed by atoms with Crippen LogP contribution in [-0.2, 0) is 21.2 Å². The van der Waals surface area contributed by atoms with E-state index >= 15 is 0 Å². The number of benzene rings is 2. The van der Waals surface area contributed by atoms with Gasteiger partial charge in [-0.05, 0) is 53.3 Å². The van der Waals surface area contributed by atoms with Crippen LogP contribution in [0.1, 0.15) is 25.3 Å². The number of amidine groups is 1. The molecular formula is C28H32N4O5S. The predicted octanol–water partition coefficient (Wildman–Crippen LogP) is 2.72. The molecular weight excluding hydrogens is 504 g/mol. The van der Waals surface area contributed by atoms with E-state index in [4.69, 9.17) is 5.73 Å². The molecule has 2 aromatic carbocycles. The molecule has 1 aliphatic rings. The molecule has 2 heterocycles. The summed E-state index contributed by atoms with van der Waals surface area (Å²) in [5, 5.41) is 10.6. The summed E-state index contributed by atoms with van der Waals surface area (Å²) in [5.74, 6) is 0.0662. The zero-order chi connectivity index (χ0) is 27.4. The van der Waals surface area contributed by atoms with E-state index in [2.05, 4.69) is 4.99 Å². The van der Waals surface area contributed by atoms with Crippen molar-refractivity contribution >= 4 is 44.1 Å². The molecule has 0 aliphatic carbocycles. The number of sulfone groups is 1. The first-order valence-corrected chi connectivity index (χ1v) is 14.5. The number of aromatic nitrogens is 1. The van der Waals surface area contributed by atoms with E-state index in [0.29, 0.717) is 29.0 Å². The van der Waals surface area contributed by atoms with Crippen LogP contribution >= 0.6 is 0 Å². The minimum atomic E-state index is -3.18. The molecule has 0 fully saturated rings. The second-order valence-electron chi connectivity index (χ2n) is 9.49. The maximum atomic E-state index is 13.1. The van der Waals surface area contributed by atoms with Gasteiger partial charge < -0.3 is 20.3 Å². The maximum Gasteiger partial charge on any atom is 0.258 e. The second-order valence-corrected chi connectivity index (χ2v) is 11.7. The van der Waals surface area contributed by atoms with Gasteiger partial charge in [0.2, 0.25) is 5.91 Å². The van der Waals surface area contributed by atoms with Gasteiger partial charge in [-0.1, -0.05) is 25.1 Å². The molecule has 0 saturated carbocycles. The van der Waals surface area contributed by atoms with Gasteiger partial charge >= 0.3 is 0 Å². The molecule has 0 saturated heterocycles. The molecule has 1 aromatic heterocycles. The van der Waals surface area contributed by atoms with Crippen molar-refractivity contribution in [2.24, 2.45) is 10.7 Å². The normalized spacial score (nSPS) is 13.4. The van der Waals surface area contributed by atoms with Crippen LogP contribution in [0, 0.1) is 0 Å². The van der Waals surface area contributed by atoms with Crippen LogP contribution in [-0.4, -0.2) is 66.4 Å². The fourth-order valence-electron chi connectivity index (χ4n) is 4.52. The van der Waals surface area contributed by atoms with Crippen LogP contribution in [0.25, 0.3) is 28.0 Å². The topological polar surface area (TPSA) is 135 Å². The van der Waals surface area contributed by atoms with Crippen molar-refractivity contribution in [3.05, 3.63) is 70.2 Å². The molecule has 0 radical (unpaired) electrons. The molecule has 1 aliphatic heterocycles. The zero-order valence-electron chi connectivity index (χ0n) is 21.6. The van der Waals surface area contributed by atoms with Gasteiger partial charge in [0.15, 0.2) is 0 Å². The van der Waals surface area contributed by atoms with Gasteiger partial charge in [0.25, 0.3) is 5.56 Å². The number of aryl methyl sites for hydroxylation is 1. The number of amides is 1. The summed E-state index contributed by atoms with van der Waals surface area (Å²) in [5.41, 5.74) is 9.64. The van der Waals surface area contributed by atoms with Crippen LogP contribution in [0.5, 0.6) is 0 Å². The van der Waals surface area contributed by atoms with Crippen molar-refractivity contribution in [3.63, 3.8) is 0 Å². The lowest BCUT2D eigenvalue weighted by molar-refractivity contribution is -0.127. The Morgan fingerprint density at radius 2 is 1.87 bits per heavy atom. The van der Waals surface area contributed by atoms with Crippen LogP contribution in [0.15, 0.2) is 64.0 Å². The number of pyridine rings is 1. The third-order valence-corrected chi connectivity index (χ3v) is 7.36. The number of nitrogens with two attached hydrogens (primary N) is 1. The molecule has 1 amide bonds. The fourth-order valence-corrected chi connectivity index (χ4v) is 5.05. The summed E-state index contributed by atoms with van der Waals surface area (Å²) in [6, 6.07) is 13.0. The Morgan fingerprint density at radius 3 is 2.58 bits per heavy atom. The van der Waals surface area contributed by atoms with Crippen molar-refractivity contribution in [2.45, 2.75) is 26.3 Å². The number of hydrogen-bond donors (Lipinski definition) is 2. The number of aliphatic imine (C=N–C) groups is 1. The van der Waals surface area contributed by atoms with Gasteiger partial charge in [-0.3, -0.25) is 9.59 Å². The summed E-state index contributed by atoms with van der Waals surface area (Å²) in [7, 11) is -3.18. The molecule has 3 aromatic rings. The Morgan fingerprint density at radius 1 is 1.13 bits per heavy atom. The highest BCUT2D eigenvalue weighted by Gasteiger charge is 2.21. The van der Waals surface area contributed by atoms with Gasteiger partial charge in [0.1, 0.15) is 15.7 Å².